The van der Waals surface area contributed by atoms with E-state index in [1.54, 1.807) is 0 Å². The second kappa shape index (κ2) is 6.93. The van der Waals surface area contributed by atoms with E-state index in [0.29, 0.717) is 0 Å². The van der Waals surface area contributed by atoms with Gasteiger partial charge in [-0.15, -0.1) is 0 Å². The summed E-state index contributed by atoms with van der Waals surface area (Å²) in [6.07, 6.45) is 10.1. The van der Waals surface area contributed by atoms with Crippen LogP contribution in [0, 0.1) is 6.92 Å². The van der Waals surface area contributed by atoms with Crippen molar-refractivity contribution in [2.75, 3.05) is 6.61 Å². The van der Waals surface area contributed by atoms with Crippen molar-refractivity contribution in [1.82, 2.24) is 9.78 Å². The van der Waals surface area contributed by atoms with Crippen LogP contribution in [0.3, 0.4) is 0 Å². The summed E-state index contributed by atoms with van der Waals surface area (Å²) >= 11 is 0. The van der Waals surface area contributed by atoms with Gasteiger partial charge in [0.15, 0.2) is 0 Å². The highest BCUT2D eigenvalue weighted by atomic mass is 16.5. The number of nitrogens with zero attached hydrogens (tertiary/aromatic N) is 2. The lowest BCUT2D eigenvalue weighted by atomic mass is 10.1. The van der Waals surface area contributed by atoms with Crippen molar-refractivity contribution in [3.8, 4) is 0 Å². The monoisotopic (exact) mass is 250 g/mol. The highest BCUT2D eigenvalue weighted by molar-refractivity contribution is 5.09. The molecule has 0 N–H and O–H groups in total. The smallest absolute Gasteiger partial charge is 0.150 e. The van der Waals surface area contributed by atoms with Crippen molar-refractivity contribution in [2.24, 2.45) is 0 Å². The molecular formula is C15H26N2O. The zero-order valence-electron chi connectivity index (χ0n) is 11.8. The van der Waals surface area contributed by atoms with Gasteiger partial charge in [0.2, 0.25) is 0 Å². The summed E-state index contributed by atoms with van der Waals surface area (Å²) in [5.74, 6) is 0. The average Bonchev–Trinajstić information content (AvgIpc) is 2.77. The Kier molecular flexibility index (Phi) is 5.24. The van der Waals surface area contributed by atoms with E-state index in [9.17, 15) is 0 Å². The van der Waals surface area contributed by atoms with Crippen LogP contribution >= 0.6 is 0 Å². The molecule has 1 unspecified atom stereocenters. The molecule has 1 aliphatic heterocycles. The Balaban J connectivity index is 1.95. The van der Waals surface area contributed by atoms with E-state index in [1.807, 2.05) is 0 Å². The largest absolute Gasteiger partial charge is 0.357 e. The van der Waals surface area contributed by atoms with Crippen molar-refractivity contribution in [3.63, 3.8) is 0 Å². The van der Waals surface area contributed by atoms with E-state index >= 15 is 0 Å². The molecule has 0 radical (unpaired) electrons. The van der Waals surface area contributed by atoms with Crippen LogP contribution in [0.2, 0.25) is 0 Å². The molecule has 0 amide bonds. The third-order valence-electron chi connectivity index (χ3n) is 3.65. The summed E-state index contributed by atoms with van der Waals surface area (Å²) in [5, 5.41) is 4.62. The van der Waals surface area contributed by atoms with Gasteiger partial charge < -0.3 is 4.74 Å². The Morgan fingerprint density at radius 1 is 1.33 bits per heavy atom. The van der Waals surface area contributed by atoms with E-state index in [-0.39, 0.29) is 6.23 Å². The predicted molar refractivity (Wildman–Crippen MR) is 73.7 cm³/mol. The van der Waals surface area contributed by atoms with Crippen LogP contribution in [0.4, 0.5) is 0 Å². The number of rotatable bonds is 6. The highest BCUT2D eigenvalue weighted by Gasteiger charge is 2.19. The van der Waals surface area contributed by atoms with Crippen molar-refractivity contribution in [2.45, 2.75) is 71.4 Å². The lowest BCUT2D eigenvalue weighted by Crippen LogP contribution is -2.21. The molecule has 0 aliphatic carbocycles. The Bertz CT molecular complexity index is 353. The first kappa shape index (κ1) is 13.6. The normalized spacial score (nSPS) is 20.2. The minimum absolute atomic E-state index is 0.189. The maximum atomic E-state index is 5.85. The molecule has 3 heteroatoms. The number of hydrogen-bond acceptors (Lipinski definition) is 2. The zero-order chi connectivity index (χ0) is 12.8. The number of hydrogen-bond donors (Lipinski definition) is 0. The van der Waals surface area contributed by atoms with Crippen LogP contribution in [0.1, 0.15) is 69.5 Å². The SMILES string of the molecule is CCCCCCc1cc(C)nn1C1CCCCO1. The van der Waals surface area contributed by atoms with E-state index < -0.39 is 0 Å². The molecule has 1 saturated heterocycles. The van der Waals surface area contributed by atoms with Gasteiger partial charge >= 0.3 is 0 Å². The summed E-state index contributed by atoms with van der Waals surface area (Å²) < 4.78 is 7.99. The van der Waals surface area contributed by atoms with Crippen LogP contribution in [0.15, 0.2) is 6.07 Å². The van der Waals surface area contributed by atoms with Gasteiger partial charge in [-0.25, -0.2) is 4.68 Å². The fourth-order valence-corrected chi connectivity index (χ4v) is 2.66. The molecule has 0 aromatic carbocycles. The number of unbranched alkanes of at least 4 members (excludes halogenated alkanes) is 3. The second-order valence-electron chi connectivity index (χ2n) is 5.35. The van der Waals surface area contributed by atoms with Crippen molar-refractivity contribution >= 4 is 0 Å². The topological polar surface area (TPSA) is 27.1 Å². The van der Waals surface area contributed by atoms with E-state index in [1.165, 1.54) is 44.2 Å². The standard InChI is InChI=1S/C15H26N2O/c1-3-4-5-6-9-14-12-13(2)16-17(14)15-10-7-8-11-18-15/h12,15H,3-11H2,1-2H3. The maximum absolute atomic E-state index is 5.85. The van der Waals surface area contributed by atoms with Gasteiger partial charge in [-0.3, -0.25) is 0 Å². The van der Waals surface area contributed by atoms with Crippen molar-refractivity contribution in [1.29, 1.82) is 0 Å². The summed E-state index contributed by atoms with van der Waals surface area (Å²) in [6, 6.07) is 2.23. The summed E-state index contributed by atoms with van der Waals surface area (Å²) in [4.78, 5) is 0. The third kappa shape index (κ3) is 3.58. The molecule has 1 fully saturated rings. The summed E-state index contributed by atoms with van der Waals surface area (Å²) in [7, 11) is 0. The van der Waals surface area contributed by atoms with Gasteiger partial charge in [-0.1, -0.05) is 26.2 Å². The van der Waals surface area contributed by atoms with Crippen LogP contribution < -0.4 is 0 Å². The van der Waals surface area contributed by atoms with E-state index in [2.05, 4.69) is 29.7 Å². The van der Waals surface area contributed by atoms with Gasteiger partial charge in [0.1, 0.15) is 6.23 Å². The number of aryl methyl sites for hydroxylation is 2. The molecule has 1 aliphatic rings. The lowest BCUT2D eigenvalue weighted by molar-refractivity contribution is -0.0412. The predicted octanol–water partition coefficient (Wildman–Crippen LogP) is 4.01. The number of aromatic nitrogens is 2. The lowest BCUT2D eigenvalue weighted by Gasteiger charge is -2.24. The van der Waals surface area contributed by atoms with Gasteiger partial charge in [-0.2, -0.15) is 5.10 Å². The maximum Gasteiger partial charge on any atom is 0.150 e. The molecular weight excluding hydrogens is 224 g/mol. The molecule has 3 nitrogen and oxygen atoms in total. The quantitative estimate of drug-likeness (QED) is 0.713. The van der Waals surface area contributed by atoms with Crippen molar-refractivity contribution < 1.29 is 4.74 Å². The zero-order valence-corrected chi connectivity index (χ0v) is 11.8. The van der Waals surface area contributed by atoms with Crippen molar-refractivity contribution in [3.05, 3.63) is 17.5 Å². The molecule has 1 aromatic rings. The van der Waals surface area contributed by atoms with E-state index in [4.69, 9.17) is 4.74 Å². The fraction of sp³-hybridized carbons (Fsp3) is 0.800. The van der Waals surface area contributed by atoms with Gasteiger partial charge in [0.25, 0.3) is 0 Å². The first-order valence-electron chi connectivity index (χ1n) is 7.48. The molecule has 2 rings (SSSR count). The Hall–Kier alpha value is -0.830. The van der Waals surface area contributed by atoms with Crippen LogP contribution in [0.5, 0.6) is 0 Å². The average molecular weight is 250 g/mol. The van der Waals surface area contributed by atoms with Gasteiger partial charge in [-0.05, 0) is 45.1 Å². The fourth-order valence-electron chi connectivity index (χ4n) is 2.66. The van der Waals surface area contributed by atoms with E-state index in [0.717, 1.165) is 25.1 Å². The van der Waals surface area contributed by atoms with Gasteiger partial charge in [0.05, 0.1) is 5.69 Å². The molecule has 102 valence electrons. The second-order valence-corrected chi connectivity index (χ2v) is 5.35. The molecule has 1 atom stereocenters. The first-order chi connectivity index (χ1) is 8.81. The Labute approximate surface area is 111 Å². The van der Waals surface area contributed by atoms with Crippen LogP contribution in [-0.2, 0) is 11.2 Å². The van der Waals surface area contributed by atoms with Gasteiger partial charge in [0, 0.05) is 12.3 Å². The summed E-state index contributed by atoms with van der Waals surface area (Å²) in [5.41, 5.74) is 2.48. The number of ether oxygens (including phenoxy) is 1. The molecule has 2 heterocycles. The highest BCUT2D eigenvalue weighted by Crippen LogP contribution is 2.24. The molecule has 0 spiro atoms. The Morgan fingerprint density at radius 3 is 2.94 bits per heavy atom. The van der Waals surface area contributed by atoms with Crippen LogP contribution in [0.25, 0.3) is 0 Å². The Morgan fingerprint density at radius 2 is 2.22 bits per heavy atom. The molecule has 1 aromatic heterocycles. The third-order valence-corrected chi connectivity index (χ3v) is 3.65. The molecule has 0 bridgehead atoms. The minimum atomic E-state index is 0.189. The first-order valence-corrected chi connectivity index (χ1v) is 7.48. The van der Waals surface area contributed by atoms with Crippen LogP contribution in [-0.4, -0.2) is 16.4 Å². The molecule has 0 saturated carbocycles. The molecule has 18 heavy (non-hydrogen) atoms. The minimum Gasteiger partial charge on any atom is -0.357 e. The summed E-state index contributed by atoms with van der Waals surface area (Å²) in [6.45, 7) is 5.22.